The van der Waals surface area contributed by atoms with E-state index < -0.39 is 0 Å². The van der Waals surface area contributed by atoms with Gasteiger partial charge in [0.2, 0.25) is 0 Å². The van der Waals surface area contributed by atoms with E-state index in [1.165, 1.54) is 6.54 Å². The fraction of sp³-hybridized carbons (Fsp3) is 1.00. The van der Waals surface area contributed by atoms with Crippen molar-refractivity contribution in [2.45, 2.75) is 26.8 Å². The molecule has 0 aromatic heterocycles. The molecule has 0 bridgehead atoms. The lowest BCUT2D eigenvalue weighted by Gasteiger charge is -2.14. The molecule has 0 fully saturated rings. The Kier molecular flexibility index (Phi) is 3.01. The predicted octanol–water partition coefficient (Wildman–Crippen LogP) is -0.0706. The van der Waals surface area contributed by atoms with Crippen LogP contribution in [-0.4, -0.2) is 19.6 Å². The summed E-state index contributed by atoms with van der Waals surface area (Å²) in [5.74, 6) is 0. The first-order valence-corrected chi connectivity index (χ1v) is 3.00. The molecule has 1 unspecified atom stereocenters. The van der Waals surface area contributed by atoms with E-state index in [1.54, 1.807) is 4.90 Å². The molecule has 0 aromatic carbocycles. The van der Waals surface area contributed by atoms with Crippen LogP contribution in [0, 0.1) is 0 Å². The maximum Gasteiger partial charge on any atom is 0.0815 e. The highest BCUT2D eigenvalue weighted by Gasteiger charge is 1.99. The zero-order valence-corrected chi connectivity index (χ0v) is 5.78. The Balaban J connectivity index is 3.14. The zero-order chi connectivity index (χ0) is 5.86. The number of quaternary nitrogens is 1. The minimum Gasteiger partial charge on any atom is -0.336 e. The first-order chi connectivity index (χ1) is 3.18. The maximum absolute atomic E-state index is 2.23. The third kappa shape index (κ3) is 2.63. The summed E-state index contributed by atoms with van der Waals surface area (Å²) in [5.41, 5.74) is 0. The highest BCUT2D eigenvalue weighted by molar-refractivity contribution is 4.27. The van der Waals surface area contributed by atoms with E-state index in [-0.39, 0.29) is 0 Å². The SMILES string of the molecule is CC[NH+](C)C(C)C. The van der Waals surface area contributed by atoms with Gasteiger partial charge in [0, 0.05) is 0 Å². The molecule has 1 nitrogen and oxygen atoms in total. The van der Waals surface area contributed by atoms with Gasteiger partial charge in [-0.3, -0.25) is 0 Å². The van der Waals surface area contributed by atoms with Gasteiger partial charge in [-0.05, 0) is 20.8 Å². The molecule has 0 heterocycles. The smallest absolute Gasteiger partial charge is 0.0815 e. The van der Waals surface area contributed by atoms with Crippen LogP contribution in [0.15, 0.2) is 0 Å². The molecule has 1 heteroatoms. The Morgan fingerprint density at radius 3 is 1.86 bits per heavy atom. The zero-order valence-electron chi connectivity index (χ0n) is 5.78. The molecule has 0 spiro atoms. The summed E-state index contributed by atoms with van der Waals surface area (Å²) in [6.07, 6.45) is 0. The fourth-order valence-corrected chi connectivity index (χ4v) is 0.408. The second-order valence-corrected chi connectivity index (χ2v) is 2.35. The van der Waals surface area contributed by atoms with Crippen molar-refractivity contribution in [1.82, 2.24) is 0 Å². The molecular weight excluding hydrogens is 86.1 g/mol. The topological polar surface area (TPSA) is 4.44 Å². The van der Waals surface area contributed by atoms with E-state index in [9.17, 15) is 0 Å². The van der Waals surface area contributed by atoms with E-state index in [2.05, 4.69) is 27.8 Å². The van der Waals surface area contributed by atoms with Gasteiger partial charge in [-0.1, -0.05) is 0 Å². The molecule has 44 valence electrons. The lowest BCUT2D eigenvalue weighted by atomic mass is 10.3. The van der Waals surface area contributed by atoms with Crippen molar-refractivity contribution < 1.29 is 4.90 Å². The predicted molar refractivity (Wildman–Crippen MR) is 32.6 cm³/mol. The fourth-order valence-electron chi connectivity index (χ4n) is 0.408. The number of nitrogens with one attached hydrogen (secondary N) is 1. The first-order valence-electron chi connectivity index (χ1n) is 3.00. The van der Waals surface area contributed by atoms with Gasteiger partial charge >= 0.3 is 0 Å². The summed E-state index contributed by atoms with van der Waals surface area (Å²) in [6, 6.07) is 0.782. The average molecular weight is 102 g/mol. The van der Waals surface area contributed by atoms with Crippen LogP contribution in [0.1, 0.15) is 20.8 Å². The second kappa shape index (κ2) is 3.03. The lowest BCUT2D eigenvalue weighted by Crippen LogP contribution is -3.11. The molecule has 0 radical (unpaired) electrons. The number of hydrogen-bond acceptors (Lipinski definition) is 0. The molecule has 0 amide bonds. The van der Waals surface area contributed by atoms with Gasteiger partial charge in [0.05, 0.1) is 19.6 Å². The van der Waals surface area contributed by atoms with Crippen LogP contribution in [0.4, 0.5) is 0 Å². The molecule has 0 aliphatic heterocycles. The van der Waals surface area contributed by atoms with Crippen molar-refractivity contribution in [3.63, 3.8) is 0 Å². The standard InChI is InChI=1S/C6H15N/c1-5-7(4)6(2)3/h6H,5H2,1-4H3/p+1. The van der Waals surface area contributed by atoms with Gasteiger partial charge in [-0.15, -0.1) is 0 Å². The van der Waals surface area contributed by atoms with Gasteiger partial charge in [-0.2, -0.15) is 0 Å². The molecule has 0 aliphatic rings. The highest BCUT2D eigenvalue weighted by atomic mass is 15.1. The van der Waals surface area contributed by atoms with E-state index in [0.717, 1.165) is 6.04 Å². The van der Waals surface area contributed by atoms with Crippen molar-refractivity contribution in [2.75, 3.05) is 13.6 Å². The Bertz CT molecular complexity index is 41.4. The monoisotopic (exact) mass is 102 g/mol. The molecule has 0 saturated heterocycles. The van der Waals surface area contributed by atoms with E-state index in [0.29, 0.717) is 0 Å². The molecular formula is C6H16N+. The van der Waals surface area contributed by atoms with Gasteiger partial charge in [-0.25, -0.2) is 0 Å². The maximum atomic E-state index is 2.23. The summed E-state index contributed by atoms with van der Waals surface area (Å²) in [6.45, 7) is 7.91. The first kappa shape index (κ1) is 6.96. The summed E-state index contributed by atoms with van der Waals surface area (Å²) in [5, 5.41) is 0. The molecule has 1 atom stereocenters. The Hall–Kier alpha value is -0.0400. The largest absolute Gasteiger partial charge is 0.336 e. The van der Waals surface area contributed by atoms with Crippen LogP contribution < -0.4 is 4.90 Å². The van der Waals surface area contributed by atoms with E-state index in [4.69, 9.17) is 0 Å². The summed E-state index contributed by atoms with van der Waals surface area (Å²) in [4.78, 5) is 1.60. The van der Waals surface area contributed by atoms with Gasteiger partial charge in [0.15, 0.2) is 0 Å². The molecule has 7 heavy (non-hydrogen) atoms. The van der Waals surface area contributed by atoms with Crippen molar-refractivity contribution in [2.24, 2.45) is 0 Å². The summed E-state index contributed by atoms with van der Waals surface area (Å²) < 4.78 is 0. The van der Waals surface area contributed by atoms with E-state index in [1.807, 2.05) is 0 Å². The molecule has 0 aliphatic carbocycles. The van der Waals surface area contributed by atoms with Crippen LogP contribution in [0.3, 0.4) is 0 Å². The average Bonchev–Trinajstić information content (AvgIpc) is 1.65. The van der Waals surface area contributed by atoms with Crippen LogP contribution in [0.25, 0.3) is 0 Å². The van der Waals surface area contributed by atoms with Crippen molar-refractivity contribution in [3.05, 3.63) is 0 Å². The van der Waals surface area contributed by atoms with Crippen molar-refractivity contribution >= 4 is 0 Å². The van der Waals surface area contributed by atoms with Crippen LogP contribution in [0.2, 0.25) is 0 Å². The third-order valence-corrected chi connectivity index (χ3v) is 1.54. The minimum atomic E-state index is 0.782. The Labute approximate surface area is 46.3 Å². The number of hydrogen-bond donors (Lipinski definition) is 1. The normalized spacial score (nSPS) is 15.0. The second-order valence-electron chi connectivity index (χ2n) is 2.35. The molecule has 0 aromatic rings. The lowest BCUT2D eigenvalue weighted by molar-refractivity contribution is -0.899. The van der Waals surface area contributed by atoms with Crippen LogP contribution in [0.5, 0.6) is 0 Å². The molecule has 0 rings (SSSR count). The Morgan fingerprint density at radius 1 is 1.43 bits per heavy atom. The van der Waals surface area contributed by atoms with Gasteiger partial charge in [0.1, 0.15) is 0 Å². The molecule has 0 saturated carbocycles. The quantitative estimate of drug-likeness (QED) is 0.498. The van der Waals surface area contributed by atoms with Crippen LogP contribution >= 0.6 is 0 Å². The van der Waals surface area contributed by atoms with Crippen LogP contribution in [-0.2, 0) is 0 Å². The minimum absolute atomic E-state index is 0.782. The van der Waals surface area contributed by atoms with Crippen molar-refractivity contribution in [1.29, 1.82) is 0 Å². The number of rotatable bonds is 2. The van der Waals surface area contributed by atoms with Gasteiger partial charge < -0.3 is 4.90 Å². The Morgan fingerprint density at radius 2 is 1.86 bits per heavy atom. The van der Waals surface area contributed by atoms with E-state index >= 15 is 0 Å². The summed E-state index contributed by atoms with van der Waals surface area (Å²) in [7, 11) is 2.21. The molecule has 1 N–H and O–H groups in total. The van der Waals surface area contributed by atoms with Crippen molar-refractivity contribution in [3.8, 4) is 0 Å². The van der Waals surface area contributed by atoms with Gasteiger partial charge in [0.25, 0.3) is 0 Å². The highest BCUT2D eigenvalue weighted by Crippen LogP contribution is 1.62. The third-order valence-electron chi connectivity index (χ3n) is 1.54. The summed E-state index contributed by atoms with van der Waals surface area (Å²) >= 11 is 0.